The lowest BCUT2D eigenvalue weighted by atomic mass is 10.0. The molecule has 0 radical (unpaired) electrons. The Balaban J connectivity index is 1.52. The molecule has 0 spiro atoms. The van der Waals surface area contributed by atoms with Crippen LogP contribution in [-0.4, -0.2) is 45.0 Å². The molecule has 1 aliphatic heterocycles. The molecule has 3 atom stereocenters. The fraction of sp³-hybridized carbons (Fsp3) is 0.556. The summed E-state index contributed by atoms with van der Waals surface area (Å²) in [5.41, 5.74) is 1.03. The van der Waals surface area contributed by atoms with Crippen LogP contribution >= 0.6 is 0 Å². The first-order valence-corrected chi connectivity index (χ1v) is 9.41. The Bertz CT molecular complexity index is 795. The number of hydrogen-bond donors (Lipinski definition) is 3. The van der Waals surface area contributed by atoms with E-state index in [4.69, 9.17) is 9.47 Å². The Labute approximate surface area is 157 Å². The number of carbonyl (C=O) groups is 1. The van der Waals surface area contributed by atoms with Crippen molar-refractivity contribution in [3.63, 3.8) is 0 Å². The number of nitrogens with zero attached hydrogens (tertiary/aromatic N) is 3. The normalized spacial score (nSPS) is 26.0. The van der Waals surface area contributed by atoms with Crippen LogP contribution in [0.5, 0.6) is 6.01 Å². The van der Waals surface area contributed by atoms with Gasteiger partial charge in [-0.2, -0.15) is 10.1 Å². The molecular weight excluding hydrogens is 348 g/mol. The number of alkyl carbamates (subject to hydrolysis) is 1. The van der Waals surface area contributed by atoms with E-state index < -0.39 is 0 Å². The number of carbonyl (C=O) groups excluding carboxylic acids is 1. The standard InChI is InChI=1S/C18H24N6O3/c1-11-3-2-8-26-17-19-7-6-15(22-17)21-16-10-14(23-24-16)12-4-5-13(9-12)27-18(25)20-11/h6-7,10-13H,2-5,8-9H2,1H3,(H,20,25)(H2,19,21,22,23,24)/t11-,12-,13+/m0/s1. The number of aromatic nitrogens is 4. The second-order valence-corrected chi connectivity index (χ2v) is 7.13. The molecule has 2 aliphatic rings. The highest BCUT2D eigenvalue weighted by atomic mass is 16.6. The SMILES string of the molecule is C[C@H]1CCCOc2nccc(n2)Nc2cc([nH]n2)[C@H]2CC[C@H](C2)OC(=O)N1. The summed E-state index contributed by atoms with van der Waals surface area (Å²) < 4.78 is 11.2. The molecule has 9 nitrogen and oxygen atoms in total. The second-order valence-electron chi connectivity index (χ2n) is 7.13. The van der Waals surface area contributed by atoms with Gasteiger partial charge in [0.2, 0.25) is 0 Å². The van der Waals surface area contributed by atoms with E-state index in [0.29, 0.717) is 30.2 Å². The summed E-state index contributed by atoms with van der Waals surface area (Å²) in [4.78, 5) is 20.6. The smallest absolute Gasteiger partial charge is 0.407 e. The van der Waals surface area contributed by atoms with Crippen LogP contribution in [0.1, 0.15) is 50.6 Å². The molecule has 1 aliphatic carbocycles. The van der Waals surface area contributed by atoms with Crippen LogP contribution in [-0.2, 0) is 4.74 Å². The fourth-order valence-corrected chi connectivity index (χ4v) is 3.56. The quantitative estimate of drug-likeness (QED) is 0.651. The molecule has 1 saturated carbocycles. The molecule has 0 aromatic carbocycles. The predicted molar refractivity (Wildman–Crippen MR) is 98.1 cm³/mol. The maximum Gasteiger partial charge on any atom is 0.407 e. The van der Waals surface area contributed by atoms with Gasteiger partial charge in [0.25, 0.3) is 0 Å². The zero-order valence-electron chi connectivity index (χ0n) is 15.3. The average molecular weight is 372 g/mol. The number of ether oxygens (including phenoxy) is 2. The van der Waals surface area contributed by atoms with E-state index in [1.807, 2.05) is 13.0 Å². The average Bonchev–Trinajstić information content (AvgIpc) is 3.28. The number of rotatable bonds is 0. The third-order valence-electron chi connectivity index (χ3n) is 4.96. The Hall–Kier alpha value is -2.84. The molecule has 0 saturated heterocycles. The first kappa shape index (κ1) is 17.6. The molecule has 27 heavy (non-hydrogen) atoms. The lowest BCUT2D eigenvalue weighted by Gasteiger charge is -2.17. The monoisotopic (exact) mass is 372 g/mol. The summed E-state index contributed by atoms with van der Waals surface area (Å²) in [7, 11) is 0. The Morgan fingerprint density at radius 2 is 2.15 bits per heavy atom. The summed E-state index contributed by atoms with van der Waals surface area (Å²) in [6.45, 7) is 2.44. The maximum absolute atomic E-state index is 12.1. The fourth-order valence-electron chi connectivity index (χ4n) is 3.56. The topological polar surface area (TPSA) is 114 Å². The van der Waals surface area contributed by atoms with E-state index in [1.54, 1.807) is 12.3 Å². The van der Waals surface area contributed by atoms with Crippen LogP contribution < -0.4 is 15.4 Å². The number of hydrogen-bond acceptors (Lipinski definition) is 7. The maximum atomic E-state index is 12.1. The first-order valence-electron chi connectivity index (χ1n) is 9.41. The lowest BCUT2D eigenvalue weighted by Crippen LogP contribution is -2.35. The van der Waals surface area contributed by atoms with E-state index in [1.165, 1.54) is 0 Å². The zero-order chi connectivity index (χ0) is 18.6. The van der Waals surface area contributed by atoms with Gasteiger partial charge in [0, 0.05) is 29.9 Å². The minimum absolute atomic E-state index is 0.0151. The van der Waals surface area contributed by atoms with Crippen molar-refractivity contribution in [3.8, 4) is 6.01 Å². The van der Waals surface area contributed by atoms with E-state index >= 15 is 0 Å². The molecule has 1 amide bonds. The highest BCUT2D eigenvalue weighted by Gasteiger charge is 2.30. The number of anilines is 2. The van der Waals surface area contributed by atoms with E-state index in [2.05, 4.69) is 30.8 Å². The lowest BCUT2D eigenvalue weighted by molar-refractivity contribution is 0.0969. The number of aromatic amines is 1. The zero-order valence-corrected chi connectivity index (χ0v) is 15.3. The second kappa shape index (κ2) is 7.81. The van der Waals surface area contributed by atoms with Gasteiger partial charge in [0.1, 0.15) is 11.9 Å². The third kappa shape index (κ3) is 4.47. The summed E-state index contributed by atoms with van der Waals surface area (Å²) in [6, 6.07) is 4.08. The molecule has 4 rings (SSSR count). The minimum Gasteiger partial charge on any atom is -0.463 e. The number of amides is 1. The number of fused-ring (bicyclic) bond motifs is 7. The molecule has 144 valence electrons. The highest BCUT2D eigenvalue weighted by Crippen LogP contribution is 2.36. The summed E-state index contributed by atoms with van der Waals surface area (Å²) in [6.07, 6.45) is 5.42. The molecular formula is C18H24N6O3. The first-order chi connectivity index (χ1) is 13.2. The Morgan fingerprint density at radius 1 is 1.22 bits per heavy atom. The van der Waals surface area contributed by atoms with Gasteiger partial charge in [0.05, 0.1) is 6.61 Å². The molecule has 1 fully saturated rings. The summed E-state index contributed by atoms with van der Waals surface area (Å²) in [5.74, 6) is 1.62. The molecule has 2 aromatic heterocycles. The minimum atomic E-state index is -0.349. The van der Waals surface area contributed by atoms with Crippen molar-refractivity contribution in [3.05, 3.63) is 24.0 Å². The summed E-state index contributed by atoms with van der Waals surface area (Å²) in [5, 5.41) is 13.5. The van der Waals surface area contributed by atoms with Gasteiger partial charge in [-0.15, -0.1) is 0 Å². The van der Waals surface area contributed by atoms with Crippen molar-refractivity contribution in [1.82, 2.24) is 25.5 Å². The van der Waals surface area contributed by atoms with Gasteiger partial charge in [-0.05, 0) is 45.1 Å². The molecule has 2 aromatic rings. The van der Waals surface area contributed by atoms with Crippen LogP contribution in [0.15, 0.2) is 18.3 Å². The van der Waals surface area contributed by atoms with Crippen molar-refractivity contribution in [2.45, 2.75) is 57.1 Å². The number of nitrogens with one attached hydrogen (secondary N) is 3. The van der Waals surface area contributed by atoms with Gasteiger partial charge in [-0.25, -0.2) is 9.78 Å². The van der Waals surface area contributed by atoms with Crippen LogP contribution in [0, 0.1) is 0 Å². The van der Waals surface area contributed by atoms with Gasteiger partial charge >= 0.3 is 12.1 Å². The third-order valence-corrected chi connectivity index (χ3v) is 4.96. The van der Waals surface area contributed by atoms with Gasteiger partial charge in [0.15, 0.2) is 5.82 Å². The van der Waals surface area contributed by atoms with Crippen molar-refractivity contribution in [2.75, 3.05) is 11.9 Å². The Kier molecular flexibility index (Phi) is 5.08. The van der Waals surface area contributed by atoms with Crippen molar-refractivity contribution >= 4 is 17.7 Å². The summed E-state index contributed by atoms with van der Waals surface area (Å²) >= 11 is 0. The van der Waals surface area contributed by atoms with E-state index in [9.17, 15) is 4.79 Å². The molecule has 3 N–H and O–H groups in total. The van der Waals surface area contributed by atoms with Crippen LogP contribution in [0.3, 0.4) is 0 Å². The van der Waals surface area contributed by atoms with Crippen molar-refractivity contribution in [2.24, 2.45) is 0 Å². The van der Waals surface area contributed by atoms with Crippen LogP contribution in [0.4, 0.5) is 16.4 Å². The number of H-pyrrole nitrogens is 1. The van der Waals surface area contributed by atoms with Crippen LogP contribution in [0.25, 0.3) is 0 Å². The van der Waals surface area contributed by atoms with Gasteiger partial charge in [-0.1, -0.05) is 0 Å². The van der Waals surface area contributed by atoms with E-state index in [-0.39, 0.29) is 18.2 Å². The molecule has 3 heterocycles. The highest BCUT2D eigenvalue weighted by molar-refractivity contribution is 5.67. The Morgan fingerprint density at radius 3 is 3.07 bits per heavy atom. The largest absolute Gasteiger partial charge is 0.463 e. The molecule has 6 bridgehead atoms. The van der Waals surface area contributed by atoms with Crippen LogP contribution in [0.2, 0.25) is 0 Å². The van der Waals surface area contributed by atoms with E-state index in [0.717, 1.165) is 37.8 Å². The molecule has 9 heteroatoms. The molecule has 0 unspecified atom stereocenters. The van der Waals surface area contributed by atoms with Gasteiger partial charge < -0.3 is 20.1 Å². The van der Waals surface area contributed by atoms with Gasteiger partial charge in [-0.3, -0.25) is 5.10 Å². The predicted octanol–water partition coefficient (Wildman–Crippen LogP) is 2.87. The van der Waals surface area contributed by atoms with Crippen molar-refractivity contribution in [1.29, 1.82) is 0 Å². The van der Waals surface area contributed by atoms with Crippen molar-refractivity contribution < 1.29 is 14.3 Å².